The summed E-state index contributed by atoms with van der Waals surface area (Å²) in [6.45, 7) is 2.49. The van der Waals surface area contributed by atoms with Crippen LogP contribution in [0.2, 0.25) is 0 Å². The number of rotatable bonds is 3. The fraction of sp³-hybridized carbons (Fsp3) is 0.400. The number of pyridine rings is 1. The summed E-state index contributed by atoms with van der Waals surface area (Å²) in [7, 11) is 1.61. The molecule has 0 aliphatic carbocycles. The zero-order valence-corrected chi connectivity index (χ0v) is 8.66. The van der Waals surface area contributed by atoms with Crippen molar-refractivity contribution >= 4 is 5.96 Å². The SMILES string of the molecule is COc1cc(CNC2=NCCN2)ccn1. The van der Waals surface area contributed by atoms with Crippen molar-refractivity contribution in [1.82, 2.24) is 15.6 Å². The lowest BCUT2D eigenvalue weighted by molar-refractivity contribution is 0.397. The number of nitrogens with one attached hydrogen (secondary N) is 2. The van der Waals surface area contributed by atoms with E-state index < -0.39 is 0 Å². The van der Waals surface area contributed by atoms with Crippen LogP contribution in [0.5, 0.6) is 5.88 Å². The van der Waals surface area contributed by atoms with Gasteiger partial charge in [0.2, 0.25) is 5.88 Å². The summed E-state index contributed by atoms with van der Waals surface area (Å²) in [6, 6.07) is 3.85. The average molecular weight is 206 g/mol. The third-order valence-corrected chi connectivity index (χ3v) is 2.14. The molecule has 1 aliphatic heterocycles. The van der Waals surface area contributed by atoms with E-state index >= 15 is 0 Å². The molecule has 2 rings (SSSR count). The van der Waals surface area contributed by atoms with E-state index in [1.165, 1.54) is 0 Å². The Morgan fingerprint density at radius 3 is 3.27 bits per heavy atom. The van der Waals surface area contributed by atoms with Crippen molar-refractivity contribution in [3.63, 3.8) is 0 Å². The molecule has 0 saturated carbocycles. The van der Waals surface area contributed by atoms with Crippen LogP contribution in [0, 0.1) is 0 Å². The molecule has 80 valence electrons. The van der Waals surface area contributed by atoms with Gasteiger partial charge < -0.3 is 15.4 Å². The Labute approximate surface area is 88.6 Å². The molecule has 0 radical (unpaired) electrons. The second-order valence-corrected chi connectivity index (χ2v) is 3.22. The van der Waals surface area contributed by atoms with Gasteiger partial charge in [-0.25, -0.2) is 4.98 Å². The molecule has 0 saturated heterocycles. The van der Waals surface area contributed by atoms with Crippen LogP contribution in [0.3, 0.4) is 0 Å². The highest BCUT2D eigenvalue weighted by Crippen LogP contribution is 2.07. The van der Waals surface area contributed by atoms with Gasteiger partial charge in [0.15, 0.2) is 5.96 Å². The van der Waals surface area contributed by atoms with Gasteiger partial charge in [0, 0.05) is 25.4 Å². The lowest BCUT2D eigenvalue weighted by atomic mass is 10.2. The first kappa shape index (κ1) is 9.76. The maximum absolute atomic E-state index is 5.04. The smallest absolute Gasteiger partial charge is 0.213 e. The number of guanidine groups is 1. The Hall–Kier alpha value is -1.78. The Morgan fingerprint density at radius 2 is 2.53 bits per heavy atom. The predicted molar refractivity (Wildman–Crippen MR) is 57.9 cm³/mol. The summed E-state index contributed by atoms with van der Waals surface area (Å²) in [4.78, 5) is 8.28. The molecule has 0 aromatic carbocycles. The van der Waals surface area contributed by atoms with Crippen molar-refractivity contribution in [3.8, 4) is 5.88 Å². The van der Waals surface area contributed by atoms with E-state index in [-0.39, 0.29) is 0 Å². The van der Waals surface area contributed by atoms with Crippen LogP contribution in [-0.4, -0.2) is 31.1 Å². The highest BCUT2D eigenvalue weighted by molar-refractivity contribution is 5.81. The van der Waals surface area contributed by atoms with E-state index in [9.17, 15) is 0 Å². The second kappa shape index (κ2) is 4.63. The quantitative estimate of drug-likeness (QED) is 0.738. The Balaban J connectivity index is 1.92. The van der Waals surface area contributed by atoms with Crippen molar-refractivity contribution in [2.45, 2.75) is 6.54 Å². The van der Waals surface area contributed by atoms with Gasteiger partial charge in [0.05, 0.1) is 13.7 Å². The molecule has 0 atom stereocenters. The standard InChI is InChI=1S/C10H14N4O/c1-15-9-6-8(2-3-11-9)7-14-10-12-4-5-13-10/h2-3,6H,4-5,7H2,1H3,(H2,12,13,14). The number of aliphatic imine (C=N–C) groups is 1. The van der Waals surface area contributed by atoms with Crippen LogP contribution in [0.1, 0.15) is 5.56 Å². The molecule has 2 heterocycles. The fourth-order valence-electron chi connectivity index (χ4n) is 1.37. The van der Waals surface area contributed by atoms with E-state index in [2.05, 4.69) is 20.6 Å². The number of hydrogen-bond acceptors (Lipinski definition) is 5. The number of methoxy groups -OCH3 is 1. The molecule has 1 aromatic rings. The molecule has 15 heavy (non-hydrogen) atoms. The van der Waals surface area contributed by atoms with Gasteiger partial charge in [-0.15, -0.1) is 0 Å². The largest absolute Gasteiger partial charge is 0.481 e. The molecule has 0 amide bonds. The minimum absolute atomic E-state index is 0.635. The first-order valence-electron chi connectivity index (χ1n) is 4.89. The second-order valence-electron chi connectivity index (χ2n) is 3.22. The lowest BCUT2D eigenvalue weighted by Crippen LogP contribution is -2.33. The molecule has 5 heteroatoms. The molecular weight excluding hydrogens is 192 g/mol. The first-order valence-corrected chi connectivity index (χ1v) is 4.89. The maximum atomic E-state index is 5.04. The topological polar surface area (TPSA) is 58.5 Å². The lowest BCUT2D eigenvalue weighted by Gasteiger charge is -2.07. The normalized spacial score (nSPS) is 14.3. The molecule has 2 N–H and O–H groups in total. The third kappa shape index (κ3) is 2.59. The fourth-order valence-corrected chi connectivity index (χ4v) is 1.37. The van der Waals surface area contributed by atoms with Gasteiger partial charge >= 0.3 is 0 Å². The van der Waals surface area contributed by atoms with Crippen LogP contribution in [0.4, 0.5) is 0 Å². The predicted octanol–water partition coefficient (Wildman–Crippen LogP) is 0.139. The van der Waals surface area contributed by atoms with Crippen LogP contribution >= 0.6 is 0 Å². The molecule has 1 aromatic heterocycles. The van der Waals surface area contributed by atoms with Gasteiger partial charge in [-0.1, -0.05) is 0 Å². The Morgan fingerprint density at radius 1 is 1.60 bits per heavy atom. The van der Waals surface area contributed by atoms with Crippen molar-refractivity contribution in [3.05, 3.63) is 23.9 Å². The summed E-state index contributed by atoms with van der Waals surface area (Å²) in [5, 5.41) is 6.35. The summed E-state index contributed by atoms with van der Waals surface area (Å²) in [5.74, 6) is 1.50. The first-order chi connectivity index (χ1) is 7.38. The molecule has 0 unspecified atom stereocenters. The van der Waals surface area contributed by atoms with Crippen LogP contribution in [0.25, 0.3) is 0 Å². The summed E-state index contributed by atoms with van der Waals surface area (Å²) in [6.07, 6.45) is 1.74. The molecule has 0 spiro atoms. The summed E-state index contributed by atoms with van der Waals surface area (Å²) in [5.41, 5.74) is 1.12. The molecule has 0 fully saturated rings. The van der Waals surface area contributed by atoms with Crippen molar-refractivity contribution < 1.29 is 4.74 Å². The average Bonchev–Trinajstić information content (AvgIpc) is 2.79. The van der Waals surface area contributed by atoms with Crippen molar-refractivity contribution in [2.24, 2.45) is 4.99 Å². The number of ether oxygens (including phenoxy) is 1. The van der Waals surface area contributed by atoms with Crippen molar-refractivity contribution in [2.75, 3.05) is 20.2 Å². The summed E-state index contributed by atoms with van der Waals surface area (Å²) < 4.78 is 5.04. The highest BCUT2D eigenvalue weighted by Gasteiger charge is 2.03. The van der Waals surface area contributed by atoms with Crippen LogP contribution in [-0.2, 0) is 6.54 Å². The zero-order valence-electron chi connectivity index (χ0n) is 8.66. The van der Waals surface area contributed by atoms with E-state index in [4.69, 9.17) is 4.74 Å². The van der Waals surface area contributed by atoms with Gasteiger partial charge in [0.1, 0.15) is 0 Å². The minimum atomic E-state index is 0.635. The molecular formula is C10H14N4O. The number of hydrogen-bond donors (Lipinski definition) is 2. The highest BCUT2D eigenvalue weighted by atomic mass is 16.5. The van der Waals surface area contributed by atoms with Crippen LogP contribution < -0.4 is 15.4 Å². The van der Waals surface area contributed by atoms with E-state index in [1.54, 1.807) is 13.3 Å². The Bertz CT molecular complexity index is 364. The maximum Gasteiger partial charge on any atom is 0.213 e. The van der Waals surface area contributed by atoms with Gasteiger partial charge in [0.25, 0.3) is 0 Å². The van der Waals surface area contributed by atoms with E-state index in [0.717, 1.165) is 31.2 Å². The third-order valence-electron chi connectivity index (χ3n) is 2.14. The number of nitrogens with zero attached hydrogens (tertiary/aromatic N) is 2. The van der Waals surface area contributed by atoms with Crippen molar-refractivity contribution in [1.29, 1.82) is 0 Å². The van der Waals surface area contributed by atoms with E-state index in [1.807, 2.05) is 12.1 Å². The van der Waals surface area contributed by atoms with Gasteiger partial charge in [-0.05, 0) is 11.6 Å². The molecule has 5 nitrogen and oxygen atoms in total. The Kier molecular flexibility index (Phi) is 3.02. The number of aromatic nitrogens is 1. The molecule has 0 bridgehead atoms. The summed E-state index contributed by atoms with van der Waals surface area (Å²) >= 11 is 0. The van der Waals surface area contributed by atoms with E-state index in [0.29, 0.717) is 5.88 Å². The minimum Gasteiger partial charge on any atom is -0.481 e. The van der Waals surface area contributed by atoms with Gasteiger partial charge in [-0.3, -0.25) is 4.99 Å². The van der Waals surface area contributed by atoms with Gasteiger partial charge in [-0.2, -0.15) is 0 Å². The monoisotopic (exact) mass is 206 g/mol. The van der Waals surface area contributed by atoms with Crippen LogP contribution in [0.15, 0.2) is 23.3 Å². The zero-order chi connectivity index (χ0) is 10.5. The molecule has 1 aliphatic rings.